The van der Waals surface area contributed by atoms with Gasteiger partial charge in [0.1, 0.15) is 5.75 Å². The van der Waals surface area contributed by atoms with Crippen LogP contribution in [-0.4, -0.2) is 49.5 Å². The van der Waals surface area contributed by atoms with Gasteiger partial charge in [0.25, 0.3) is 5.91 Å². The number of benzene rings is 1. The summed E-state index contributed by atoms with van der Waals surface area (Å²) >= 11 is 0. The molecule has 1 fully saturated rings. The van der Waals surface area contributed by atoms with Crippen molar-refractivity contribution in [2.75, 3.05) is 31.6 Å². The van der Waals surface area contributed by atoms with Crippen LogP contribution in [0.15, 0.2) is 24.3 Å². The molecule has 2 N–H and O–H groups in total. The molecule has 0 aromatic heterocycles. The van der Waals surface area contributed by atoms with Crippen molar-refractivity contribution in [3.8, 4) is 5.75 Å². The molecule has 2 amide bonds. The molecule has 1 unspecified atom stereocenters. The topological polar surface area (TPSA) is 75.9 Å². The normalized spacial score (nSPS) is 15.1. The van der Waals surface area contributed by atoms with E-state index in [0.29, 0.717) is 18.7 Å². The summed E-state index contributed by atoms with van der Waals surface area (Å²) in [4.78, 5) is 27.1. The van der Waals surface area contributed by atoms with E-state index >= 15 is 0 Å². The van der Waals surface area contributed by atoms with Crippen molar-refractivity contribution in [2.24, 2.45) is 5.73 Å². The van der Waals surface area contributed by atoms with Gasteiger partial charge in [0.05, 0.1) is 0 Å². The zero-order valence-corrected chi connectivity index (χ0v) is 14.3. The van der Waals surface area contributed by atoms with Gasteiger partial charge in [-0.15, -0.1) is 12.4 Å². The SMILES string of the molecule is CC(CN)N(C)C(=O)COc1cccc(N2CCCC2=O)c1.Cl. The lowest BCUT2D eigenvalue weighted by atomic mass is 10.2. The lowest BCUT2D eigenvalue weighted by Crippen LogP contribution is -2.42. The molecule has 0 saturated carbocycles. The maximum absolute atomic E-state index is 12.0. The Labute approximate surface area is 143 Å². The van der Waals surface area contributed by atoms with Crippen molar-refractivity contribution in [3.05, 3.63) is 24.3 Å². The number of rotatable bonds is 6. The average molecular weight is 342 g/mol. The fraction of sp³-hybridized carbons (Fsp3) is 0.500. The van der Waals surface area contributed by atoms with E-state index in [1.807, 2.05) is 19.1 Å². The van der Waals surface area contributed by atoms with Crippen LogP contribution >= 0.6 is 12.4 Å². The summed E-state index contributed by atoms with van der Waals surface area (Å²) in [5.74, 6) is 0.588. The molecule has 0 bridgehead atoms. The van der Waals surface area contributed by atoms with Gasteiger partial charge in [-0.1, -0.05) is 6.07 Å². The molecule has 0 aliphatic carbocycles. The van der Waals surface area contributed by atoms with Gasteiger partial charge in [-0.3, -0.25) is 9.59 Å². The highest BCUT2D eigenvalue weighted by Crippen LogP contribution is 2.25. The first-order chi connectivity index (χ1) is 10.5. The van der Waals surface area contributed by atoms with Crippen molar-refractivity contribution < 1.29 is 14.3 Å². The number of halogens is 1. The van der Waals surface area contributed by atoms with Gasteiger partial charge in [-0.05, 0) is 25.5 Å². The second kappa shape index (κ2) is 8.74. The molecule has 1 heterocycles. The van der Waals surface area contributed by atoms with E-state index in [1.165, 1.54) is 0 Å². The average Bonchev–Trinajstić information content (AvgIpc) is 2.97. The Bertz CT molecular complexity index is 553. The third-order valence-electron chi connectivity index (χ3n) is 3.96. The summed E-state index contributed by atoms with van der Waals surface area (Å²) in [5, 5.41) is 0. The van der Waals surface area contributed by atoms with E-state index in [2.05, 4.69) is 0 Å². The van der Waals surface area contributed by atoms with Crippen LogP contribution in [0.5, 0.6) is 5.75 Å². The van der Waals surface area contributed by atoms with Crippen LogP contribution in [0.25, 0.3) is 0 Å². The quantitative estimate of drug-likeness (QED) is 0.849. The third-order valence-corrected chi connectivity index (χ3v) is 3.96. The first-order valence-corrected chi connectivity index (χ1v) is 7.52. The van der Waals surface area contributed by atoms with Gasteiger partial charge in [0.2, 0.25) is 5.91 Å². The summed E-state index contributed by atoms with van der Waals surface area (Å²) in [6.07, 6.45) is 1.47. The minimum atomic E-state index is -0.124. The number of likely N-dealkylation sites (N-methyl/N-ethyl adjacent to an activating group) is 1. The molecule has 23 heavy (non-hydrogen) atoms. The van der Waals surface area contributed by atoms with Crippen molar-refractivity contribution >= 4 is 29.9 Å². The zero-order valence-electron chi connectivity index (χ0n) is 13.5. The van der Waals surface area contributed by atoms with Crippen LogP contribution < -0.4 is 15.4 Å². The molecule has 2 rings (SSSR count). The Balaban J connectivity index is 0.00000264. The standard InChI is InChI=1S/C16H23N3O3.ClH/c1-12(10-17)18(2)16(21)11-22-14-6-3-5-13(9-14)19-8-4-7-15(19)20;/h3,5-6,9,12H,4,7-8,10-11,17H2,1-2H3;1H. The Hall–Kier alpha value is -1.79. The fourth-order valence-corrected chi connectivity index (χ4v) is 2.31. The van der Waals surface area contributed by atoms with Crippen LogP contribution in [0.2, 0.25) is 0 Å². The lowest BCUT2D eigenvalue weighted by Gasteiger charge is -2.23. The Morgan fingerprint density at radius 2 is 2.22 bits per heavy atom. The van der Waals surface area contributed by atoms with Crippen LogP contribution in [0.4, 0.5) is 5.69 Å². The number of carbonyl (C=O) groups excluding carboxylic acids is 2. The monoisotopic (exact) mass is 341 g/mol. The molecule has 1 saturated heterocycles. The maximum Gasteiger partial charge on any atom is 0.260 e. The number of anilines is 1. The predicted octanol–water partition coefficient (Wildman–Crippen LogP) is 1.42. The molecule has 0 spiro atoms. The van der Waals surface area contributed by atoms with Gasteiger partial charge in [0.15, 0.2) is 6.61 Å². The van der Waals surface area contributed by atoms with Gasteiger partial charge < -0.3 is 20.3 Å². The number of hydrogen-bond acceptors (Lipinski definition) is 4. The van der Waals surface area contributed by atoms with E-state index in [0.717, 1.165) is 18.7 Å². The van der Waals surface area contributed by atoms with E-state index in [-0.39, 0.29) is 36.9 Å². The van der Waals surface area contributed by atoms with E-state index in [4.69, 9.17) is 10.5 Å². The summed E-state index contributed by atoms with van der Waals surface area (Å²) in [6.45, 7) is 2.99. The summed E-state index contributed by atoms with van der Waals surface area (Å²) in [5.41, 5.74) is 6.36. The predicted molar refractivity (Wildman–Crippen MR) is 92.1 cm³/mol. The second-order valence-electron chi connectivity index (χ2n) is 5.52. The molecular weight excluding hydrogens is 318 g/mol. The van der Waals surface area contributed by atoms with Crippen molar-refractivity contribution in [1.82, 2.24) is 4.90 Å². The number of ether oxygens (including phenoxy) is 1. The summed E-state index contributed by atoms with van der Waals surface area (Å²) in [6, 6.07) is 7.25. The molecule has 1 aliphatic heterocycles. The van der Waals surface area contributed by atoms with Gasteiger partial charge in [-0.2, -0.15) is 0 Å². The molecule has 128 valence electrons. The summed E-state index contributed by atoms with van der Waals surface area (Å²) in [7, 11) is 1.71. The Kier molecular flexibility index (Phi) is 7.32. The van der Waals surface area contributed by atoms with Crippen molar-refractivity contribution in [1.29, 1.82) is 0 Å². The molecule has 1 atom stereocenters. The highest BCUT2D eigenvalue weighted by molar-refractivity contribution is 5.95. The smallest absolute Gasteiger partial charge is 0.260 e. The van der Waals surface area contributed by atoms with Gasteiger partial charge >= 0.3 is 0 Å². The van der Waals surface area contributed by atoms with E-state index in [1.54, 1.807) is 29.0 Å². The van der Waals surface area contributed by atoms with Crippen LogP contribution in [0.1, 0.15) is 19.8 Å². The molecule has 6 nitrogen and oxygen atoms in total. The first kappa shape index (κ1) is 19.3. The molecule has 0 radical (unpaired) electrons. The minimum absolute atomic E-state index is 0. The van der Waals surface area contributed by atoms with Crippen molar-refractivity contribution in [3.63, 3.8) is 0 Å². The number of amides is 2. The molecule has 1 aliphatic rings. The zero-order chi connectivity index (χ0) is 16.1. The van der Waals surface area contributed by atoms with Crippen LogP contribution in [-0.2, 0) is 9.59 Å². The molecular formula is C16H24ClN3O3. The number of nitrogens with two attached hydrogens (primary N) is 1. The van der Waals surface area contributed by atoms with E-state index in [9.17, 15) is 9.59 Å². The maximum atomic E-state index is 12.0. The van der Waals surface area contributed by atoms with Gasteiger partial charge in [-0.25, -0.2) is 0 Å². The molecule has 1 aromatic carbocycles. The van der Waals surface area contributed by atoms with E-state index < -0.39 is 0 Å². The minimum Gasteiger partial charge on any atom is -0.484 e. The van der Waals surface area contributed by atoms with Crippen molar-refractivity contribution in [2.45, 2.75) is 25.8 Å². The third kappa shape index (κ3) is 4.84. The van der Waals surface area contributed by atoms with Crippen LogP contribution in [0.3, 0.4) is 0 Å². The number of carbonyl (C=O) groups is 2. The number of nitrogens with zero attached hydrogens (tertiary/aromatic N) is 2. The Morgan fingerprint density at radius 1 is 1.48 bits per heavy atom. The van der Waals surface area contributed by atoms with Gasteiger partial charge in [0, 0.05) is 44.4 Å². The number of hydrogen-bond donors (Lipinski definition) is 1. The lowest BCUT2D eigenvalue weighted by molar-refractivity contribution is -0.133. The second-order valence-corrected chi connectivity index (χ2v) is 5.52. The highest BCUT2D eigenvalue weighted by Gasteiger charge is 2.22. The molecule has 7 heteroatoms. The Morgan fingerprint density at radius 3 is 2.83 bits per heavy atom. The highest BCUT2D eigenvalue weighted by atomic mass is 35.5. The van der Waals surface area contributed by atoms with Crippen LogP contribution in [0, 0.1) is 0 Å². The largest absolute Gasteiger partial charge is 0.484 e. The summed E-state index contributed by atoms with van der Waals surface area (Å²) < 4.78 is 5.55. The molecule has 1 aromatic rings. The first-order valence-electron chi connectivity index (χ1n) is 7.52. The fourth-order valence-electron chi connectivity index (χ4n) is 2.31.